The van der Waals surface area contributed by atoms with E-state index in [1.54, 1.807) is 13.0 Å². The van der Waals surface area contributed by atoms with Gasteiger partial charge in [0.2, 0.25) is 0 Å². The molecule has 1 N–H and O–H groups in total. The van der Waals surface area contributed by atoms with E-state index in [2.05, 4.69) is 15.2 Å². The van der Waals surface area contributed by atoms with Crippen LogP contribution in [0.15, 0.2) is 24.4 Å². The zero-order valence-electron chi connectivity index (χ0n) is 20.4. The number of carbonyl (C=O) groups excluding carboxylic acids is 2. The molecule has 3 aliphatic rings. The fourth-order valence-electron chi connectivity index (χ4n) is 6.49. The molecule has 0 spiro atoms. The topological polar surface area (TPSA) is 62.3 Å². The van der Waals surface area contributed by atoms with Crippen LogP contribution < -0.4 is 5.32 Å². The Hall–Kier alpha value is -2.31. The number of rotatable bonds is 6. The van der Waals surface area contributed by atoms with Crippen molar-refractivity contribution < 1.29 is 14.0 Å². The predicted octanol–water partition coefficient (Wildman–Crippen LogP) is 5.96. The first-order chi connectivity index (χ1) is 16.8. The lowest BCUT2D eigenvalue weighted by atomic mass is 9.77. The number of likely N-dealkylation sites (tertiary alicyclic amines) is 1. The van der Waals surface area contributed by atoms with Crippen molar-refractivity contribution in [1.82, 2.24) is 9.88 Å². The van der Waals surface area contributed by atoms with Crippen molar-refractivity contribution in [2.45, 2.75) is 58.9 Å². The molecule has 5 rings (SSSR count). The lowest BCUT2D eigenvalue weighted by Crippen LogP contribution is -2.45. The van der Waals surface area contributed by atoms with Gasteiger partial charge in [-0.25, -0.2) is 4.39 Å². The minimum Gasteiger partial charge on any atom is -0.322 e. The molecule has 1 saturated heterocycles. The van der Waals surface area contributed by atoms with Crippen molar-refractivity contribution in [2.24, 2.45) is 23.7 Å². The molecule has 1 amide bonds. The number of amides is 1. The van der Waals surface area contributed by atoms with E-state index >= 15 is 0 Å². The van der Waals surface area contributed by atoms with Crippen LogP contribution in [0.4, 0.5) is 10.1 Å². The molecule has 0 radical (unpaired) electrons. The van der Waals surface area contributed by atoms with Gasteiger partial charge in [0.05, 0.1) is 11.3 Å². The molecule has 2 aromatic rings. The fourth-order valence-corrected chi connectivity index (χ4v) is 6.73. The third-order valence-corrected chi connectivity index (χ3v) is 8.62. The quantitative estimate of drug-likeness (QED) is 0.534. The van der Waals surface area contributed by atoms with Crippen molar-refractivity contribution >= 4 is 29.0 Å². The third-order valence-electron chi connectivity index (χ3n) is 8.40. The van der Waals surface area contributed by atoms with Gasteiger partial charge in [-0.3, -0.25) is 19.5 Å². The standard InChI is InChI=1S/C28H33ClFN3O2/c1-16-22(9-23(29)11-25(16)32-28(35)21-10-24(30)17(2)31-12-21)15-33-13-19-7-8-20(14-33)26(19)27(34)18-5-3-4-6-18/h9-12,18-20,26H,3-8,13-15H2,1-2H3,(H,32,35). The molecule has 5 nitrogen and oxygen atoms in total. The number of anilines is 1. The number of halogens is 2. The van der Waals surface area contributed by atoms with Crippen LogP contribution in [0.2, 0.25) is 5.02 Å². The minimum atomic E-state index is -0.509. The molecule has 1 aromatic heterocycles. The Labute approximate surface area is 211 Å². The molecule has 2 atom stereocenters. The number of ketones is 1. The van der Waals surface area contributed by atoms with E-state index in [1.165, 1.54) is 25.1 Å². The Bertz CT molecular complexity index is 1130. The van der Waals surface area contributed by atoms with E-state index in [1.807, 2.05) is 13.0 Å². The number of aromatic nitrogens is 1. The smallest absolute Gasteiger partial charge is 0.257 e. The highest BCUT2D eigenvalue weighted by atomic mass is 35.5. The summed E-state index contributed by atoms with van der Waals surface area (Å²) in [6.07, 6.45) is 8.23. The number of hydrogen-bond acceptors (Lipinski definition) is 4. The summed E-state index contributed by atoms with van der Waals surface area (Å²) in [6, 6.07) is 4.88. The minimum absolute atomic E-state index is 0.166. The van der Waals surface area contributed by atoms with Crippen LogP contribution in [0.3, 0.4) is 0 Å². The summed E-state index contributed by atoms with van der Waals surface area (Å²) in [7, 11) is 0. The first-order valence-corrected chi connectivity index (χ1v) is 13.2. The summed E-state index contributed by atoms with van der Waals surface area (Å²) in [5.74, 6) is 1.05. The molecule has 35 heavy (non-hydrogen) atoms. The van der Waals surface area contributed by atoms with Crippen LogP contribution in [0, 0.1) is 43.3 Å². The van der Waals surface area contributed by atoms with Crippen molar-refractivity contribution in [3.05, 3.63) is 57.6 Å². The van der Waals surface area contributed by atoms with Gasteiger partial charge in [-0.1, -0.05) is 24.4 Å². The van der Waals surface area contributed by atoms with E-state index in [0.29, 0.717) is 34.2 Å². The molecule has 2 saturated carbocycles. The maximum atomic E-state index is 13.9. The maximum absolute atomic E-state index is 13.9. The van der Waals surface area contributed by atoms with Crippen molar-refractivity contribution in [2.75, 3.05) is 18.4 Å². The first kappa shape index (κ1) is 24.4. The average Bonchev–Trinajstić information content (AvgIpc) is 3.45. The maximum Gasteiger partial charge on any atom is 0.257 e. The number of piperidine rings is 1. The molecule has 186 valence electrons. The van der Waals surface area contributed by atoms with Gasteiger partial charge < -0.3 is 5.32 Å². The number of benzene rings is 1. The molecular weight excluding hydrogens is 465 g/mol. The third kappa shape index (κ3) is 5.01. The number of aryl methyl sites for hydroxylation is 1. The monoisotopic (exact) mass is 497 g/mol. The van der Waals surface area contributed by atoms with Gasteiger partial charge in [0.1, 0.15) is 11.6 Å². The van der Waals surface area contributed by atoms with Gasteiger partial charge >= 0.3 is 0 Å². The second-order valence-corrected chi connectivity index (χ2v) is 11.1. The number of hydrogen-bond donors (Lipinski definition) is 1. The van der Waals surface area contributed by atoms with Crippen LogP contribution in [-0.2, 0) is 11.3 Å². The van der Waals surface area contributed by atoms with Crippen molar-refractivity contribution in [3.8, 4) is 0 Å². The molecule has 2 unspecified atom stereocenters. The average molecular weight is 498 g/mol. The lowest BCUT2D eigenvalue weighted by Gasteiger charge is -2.38. The number of pyridine rings is 1. The Morgan fingerprint density at radius 3 is 2.43 bits per heavy atom. The lowest BCUT2D eigenvalue weighted by molar-refractivity contribution is -0.131. The number of Topliss-reactive ketones (excluding diaryl/α,β-unsaturated/α-hetero) is 1. The summed E-state index contributed by atoms with van der Waals surface area (Å²) in [5, 5.41) is 3.43. The Kier molecular flexibility index (Phi) is 6.95. The zero-order valence-corrected chi connectivity index (χ0v) is 21.2. The Balaban J connectivity index is 1.28. The predicted molar refractivity (Wildman–Crippen MR) is 135 cm³/mol. The molecular formula is C28H33ClFN3O2. The summed E-state index contributed by atoms with van der Waals surface area (Å²) in [6.45, 7) is 6.13. The molecule has 2 bridgehead atoms. The van der Waals surface area contributed by atoms with Gasteiger partial charge in [-0.2, -0.15) is 0 Å². The number of fused-ring (bicyclic) bond motifs is 2. The number of nitrogens with zero attached hydrogens (tertiary/aromatic N) is 2. The van der Waals surface area contributed by atoms with Gasteiger partial charge in [0, 0.05) is 48.4 Å². The SMILES string of the molecule is Cc1ncc(C(=O)Nc2cc(Cl)cc(CN3CC4CCC(C3)C4C(=O)C3CCCC3)c2C)cc1F. The van der Waals surface area contributed by atoms with Crippen LogP contribution in [0.25, 0.3) is 0 Å². The van der Waals surface area contributed by atoms with Gasteiger partial charge in [0.15, 0.2) is 0 Å². The van der Waals surface area contributed by atoms with E-state index in [0.717, 1.165) is 56.4 Å². The molecule has 1 aromatic carbocycles. The molecule has 3 fully saturated rings. The number of carbonyl (C=O) groups is 2. The van der Waals surface area contributed by atoms with Crippen LogP contribution in [0.1, 0.15) is 65.7 Å². The van der Waals surface area contributed by atoms with Gasteiger partial charge in [-0.15, -0.1) is 0 Å². The van der Waals surface area contributed by atoms with E-state index in [9.17, 15) is 14.0 Å². The van der Waals surface area contributed by atoms with E-state index < -0.39 is 11.7 Å². The molecule has 1 aliphatic heterocycles. The van der Waals surface area contributed by atoms with E-state index in [4.69, 9.17) is 11.6 Å². The summed E-state index contributed by atoms with van der Waals surface area (Å²) in [4.78, 5) is 32.4. The second-order valence-electron chi connectivity index (χ2n) is 10.7. The summed E-state index contributed by atoms with van der Waals surface area (Å²) in [5.41, 5.74) is 3.04. The van der Waals surface area contributed by atoms with Crippen LogP contribution >= 0.6 is 11.6 Å². The van der Waals surface area contributed by atoms with Crippen LogP contribution in [0.5, 0.6) is 0 Å². The van der Waals surface area contributed by atoms with E-state index in [-0.39, 0.29) is 17.2 Å². The first-order valence-electron chi connectivity index (χ1n) is 12.8. The summed E-state index contributed by atoms with van der Waals surface area (Å²) >= 11 is 6.44. The molecule has 2 heterocycles. The van der Waals surface area contributed by atoms with Gasteiger partial charge in [0.25, 0.3) is 5.91 Å². The Morgan fingerprint density at radius 2 is 1.77 bits per heavy atom. The largest absolute Gasteiger partial charge is 0.322 e. The van der Waals surface area contributed by atoms with Gasteiger partial charge in [-0.05, 0) is 80.7 Å². The number of nitrogens with one attached hydrogen (secondary N) is 1. The highest BCUT2D eigenvalue weighted by Gasteiger charge is 2.47. The van der Waals surface area contributed by atoms with Crippen molar-refractivity contribution in [1.29, 1.82) is 0 Å². The second kappa shape index (κ2) is 9.98. The fraction of sp³-hybridized carbons (Fsp3) is 0.536. The van der Waals surface area contributed by atoms with Crippen LogP contribution in [-0.4, -0.2) is 34.7 Å². The zero-order chi connectivity index (χ0) is 24.7. The van der Waals surface area contributed by atoms with Crippen molar-refractivity contribution in [3.63, 3.8) is 0 Å². The highest BCUT2D eigenvalue weighted by molar-refractivity contribution is 6.31. The highest BCUT2D eigenvalue weighted by Crippen LogP contribution is 2.45. The normalized spacial score (nSPS) is 24.6. The summed E-state index contributed by atoms with van der Waals surface area (Å²) < 4.78 is 13.9. The molecule has 7 heteroatoms. The molecule has 2 aliphatic carbocycles. The Morgan fingerprint density at radius 1 is 1.09 bits per heavy atom.